The first-order valence-electron chi connectivity index (χ1n) is 13.5. The first kappa shape index (κ1) is 26.7. The average molecular weight is 608 g/mol. The predicted octanol–water partition coefficient (Wildman–Crippen LogP) is 6.23. The zero-order valence-electron chi connectivity index (χ0n) is 22.8. The van der Waals surface area contributed by atoms with Crippen LogP contribution >= 0.6 is 34.4 Å². The van der Waals surface area contributed by atoms with Gasteiger partial charge >= 0.3 is 5.97 Å². The Morgan fingerprint density at radius 2 is 1.76 bits per heavy atom. The molecule has 2 aliphatic rings. The molecule has 2 aliphatic heterocycles. The van der Waals surface area contributed by atoms with Crippen molar-refractivity contribution in [3.8, 4) is 0 Å². The maximum Gasteiger partial charge on any atom is 0.338 e. The van der Waals surface area contributed by atoms with E-state index in [9.17, 15) is 9.59 Å². The molecule has 0 radical (unpaired) electrons. The molecule has 5 aromatic rings. The number of rotatable bonds is 5. The summed E-state index contributed by atoms with van der Waals surface area (Å²) in [5, 5.41) is 1.95. The number of fused-ring (bicyclic) bond motifs is 3. The zero-order chi connectivity index (χ0) is 28.8. The molecule has 0 saturated heterocycles. The van der Waals surface area contributed by atoms with Crippen molar-refractivity contribution in [1.29, 1.82) is 0 Å². The predicted molar refractivity (Wildman–Crippen MR) is 170 cm³/mol. The highest BCUT2D eigenvalue weighted by atomic mass is 32.2. The molecule has 1 atom stereocenters. The smallest absolute Gasteiger partial charge is 0.338 e. The van der Waals surface area contributed by atoms with Gasteiger partial charge in [-0.25, -0.2) is 9.79 Å². The lowest BCUT2D eigenvalue weighted by Gasteiger charge is -2.29. The van der Waals surface area contributed by atoms with Crippen molar-refractivity contribution >= 4 is 63.6 Å². The molecule has 6 nitrogen and oxygen atoms in total. The SMILES string of the molecule is CCOC(=O)C1=C(c2ccccc2)N=c2s/c(=C/c3ccc4c(c3)Sc3ccccc3N4C)c(=O)n2[C@H]1c1cccs1. The van der Waals surface area contributed by atoms with E-state index < -0.39 is 12.0 Å². The van der Waals surface area contributed by atoms with Crippen LogP contribution in [0.5, 0.6) is 0 Å². The molecular formula is C33H25N3O3S3. The molecule has 2 aromatic heterocycles. The number of hydrogen-bond acceptors (Lipinski definition) is 8. The van der Waals surface area contributed by atoms with E-state index in [-0.39, 0.29) is 12.2 Å². The Labute approximate surface area is 254 Å². The molecule has 0 aliphatic carbocycles. The van der Waals surface area contributed by atoms with Gasteiger partial charge in [-0.15, -0.1) is 11.3 Å². The lowest BCUT2D eigenvalue weighted by atomic mass is 9.97. The molecule has 7 rings (SSSR count). The standard InChI is InChI=1S/C33H25N3O3S3/c1-3-39-32(38)28-29(21-10-5-4-6-11-21)34-33-36(30(28)25-14-9-17-40-25)31(37)27(42-33)19-20-15-16-23-26(18-20)41-24-13-8-7-12-22(24)35(23)2/h4-19,30H,3H2,1-2H3/b27-19+/t30-/m0/s1. The lowest BCUT2D eigenvalue weighted by molar-refractivity contribution is -0.138. The fraction of sp³-hybridized carbons (Fsp3) is 0.121. The van der Waals surface area contributed by atoms with Crippen LogP contribution in [-0.2, 0) is 9.53 Å². The van der Waals surface area contributed by atoms with Gasteiger partial charge in [-0.05, 0) is 54.3 Å². The number of hydrogen-bond donors (Lipinski definition) is 0. The summed E-state index contributed by atoms with van der Waals surface area (Å²) in [7, 11) is 2.07. The summed E-state index contributed by atoms with van der Waals surface area (Å²) >= 11 is 4.57. The van der Waals surface area contributed by atoms with E-state index in [2.05, 4.69) is 42.3 Å². The molecule has 0 saturated carbocycles. The third-order valence-corrected chi connectivity index (χ3v) is 10.3. The van der Waals surface area contributed by atoms with Gasteiger partial charge < -0.3 is 9.64 Å². The van der Waals surface area contributed by atoms with E-state index in [0.717, 1.165) is 26.6 Å². The number of thiazole rings is 1. The number of thiophene rings is 1. The van der Waals surface area contributed by atoms with Gasteiger partial charge in [0.05, 0.1) is 33.8 Å². The minimum atomic E-state index is -0.637. The summed E-state index contributed by atoms with van der Waals surface area (Å²) in [5.41, 5.74) is 4.76. The van der Waals surface area contributed by atoms with E-state index in [1.54, 1.807) is 23.3 Å². The van der Waals surface area contributed by atoms with Gasteiger partial charge in [0.2, 0.25) is 0 Å². The van der Waals surface area contributed by atoms with Crippen LogP contribution < -0.4 is 19.8 Å². The number of benzene rings is 3. The Morgan fingerprint density at radius 1 is 0.976 bits per heavy atom. The summed E-state index contributed by atoms with van der Waals surface area (Å²) in [5.74, 6) is -0.469. The molecular weight excluding hydrogens is 583 g/mol. The van der Waals surface area contributed by atoms with Crippen molar-refractivity contribution in [1.82, 2.24) is 4.57 Å². The number of anilines is 2. The first-order chi connectivity index (χ1) is 20.5. The summed E-state index contributed by atoms with van der Waals surface area (Å²) < 4.78 is 7.74. The van der Waals surface area contributed by atoms with Gasteiger partial charge in [0.1, 0.15) is 6.04 Å². The molecule has 0 amide bonds. The minimum Gasteiger partial charge on any atom is -0.463 e. The van der Waals surface area contributed by atoms with Crippen LogP contribution in [0.15, 0.2) is 115 Å². The monoisotopic (exact) mass is 607 g/mol. The highest BCUT2D eigenvalue weighted by Gasteiger charge is 2.35. The van der Waals surface area contributed by atoms with Crippen molar-refractivity contribution in [2.45, 2.75) is 22.8 Å². The number of para-hydroxylation sites is 1. The average Bonchev–Trinajstić information content (AvgIpc) is 3.65. The third kappa shape index (κ3) is 4.54. The molecule has 0 N–H and O–H groups in total. The van der Waals surface area contributed by atoms with Crippen LogP contribution in [0, 0.1) is 0 Å². The summed E-state index contributed by atoms with van der Waals surface area (Å²) in [6.45, 7) is 2.01. The van der Waals surface area contributed by atoms with E-state index in [1.165, 1.54) is 33.3 Å². The minimum absolute atomic E-state index is 0.182. The third-order valence-electron chi connectivity index (χ3n) is 7.28. The normalized spacial score (nSPS) is 16.0. The highest BCUT2D eigenvalue weighted by molar-refractivity contribution is 7.99. The van der Waals surface area contributed by atoms with E-state index in [0.29, 0.717) is 20.6 Å². The van der Waals surface area contributed by atoms with Crippen LogP contribution in [0.3, 0.4) is 0 Å². The maximum absolute atomic E-state index is 14.1. The number of esters is 1. The Kier molecular flexibility index (Phi) is 6.93. The van der Waals surface area contributed by atoms with Crippen molar-refractivity contribution in [2.75, 3.05) is 18.6 Å². The van der Waals surface area contributed by atoms with Crippen LogP contribution in [0.2, 0.25) is 0 Å². The van der Waals surface area contributed by atoms with E-state index in [1.807, 2.05) is 66.1 Å². The number of nitrogens with zero attached hydrogens (tertiary/aromatic N) is 3. The fourth-order valence-electron chi connectivity index (χ4n) is 5.36. The zero-order valence-corrected chi connectivity index (χ0v) is 25.3. The molecule has 4 heterocycles. The van der Waals surface area contributed by atoms with Gasteiger partial charge in [0.15, 0.2) is 4.80 Å². The van der Waals surface area contributed by atoms with Crippen molar-refractivity contribution in [3.05, 3.63) is 132 Å². The number of carbonyl (C=O) groups is 1. The van der Waals surface area contributed by atoms with Crippen LogP contribution in [0.25, 0.3) is 11.8 Å². The molecule has 0 fully saturated rings. The summed E-state index contributed by atoms with van der Waals surface area (Å²) in [4.78, 5) is 38.5. The van der Waals surface area contributed by atoms with Crippen molar-refractivity contribution < 1.29 is 9.53 Å². The van der Waals surface area contributed by atoms with Gasteiger partial charge in [0, 0.05) is 27.3 Å². The first-order valence-corrected chi connectivity index (χ1v) is 16.0. The molecule has 42 heavy (non-hydrogen) atoms. The Balaban J connectivity index is 1.40. The Bertz CT molecular complexity index is 2040. The number of aromatic nitrogens is 1. The molecule has 0 spiro atoms. The second-order valence-corrected chi connectivity index (χ2v) is 12.9. The second-order valence-electron chi connectivity index (χ2n) is 9.80. The van der Waals surface area contributed by atoms with Gasteiger partial charge in [0.25, 0.3) is 5.56 Å². The molecule has 9 heteroatoms. The second kappa shape index (κ2) is 10.9. The van der Waals surface area contributed by atoms with Crippen molar-refractivity contribution in [3.63, 3.8) is 0 Å². The van der Waals surface area contributed by atoms with E-state index in [4.69, 9.17) is 9.73 Å². The Hall–Kier alpha value is -4.18. The fourth-order valence-corrected chi connectivity index (χ4v) is 8.38. The van der Waals surface area contributed by atoms with Gasteiger partial charge in [-0.3, -0.25) is 9.36 Å². The van der Waals surface area contributed by atoms with E-state index >= 15 is 0 Å². The number of carbonyl (C=O) groups excluding carboxylic acids is 1. The Morgan fingerprint density at radius 3 is 2.55 bits per heavy atom. The largest absolute Gasteiger partial charge is 0.463 e. The molecule has 0 bridgehead atoms. The highest BCUT2D eigenvalue weighted by Crippen LogP contribution is 2.47. The summed E-state index contributed by atoms with van der Waals surface area (Å²) in [6, 6.07) is 27.5. The lowest BCUT2D eigenvalue weighted by Crippen LogP contribution is -2.39. The molecule has 3 aromatic carbocycles. The van der Waals surface area contributed by atoms with Crippen LogP contribution in [0.4, 0.5) is 11.4 Å². The van der Waals surface area contributed by atoms with Crippen LogP contribution in [-0.4, -0.2) is 24.2 Å². The maximum atomic E-state index is 14.1. The number of ether oxygens (including phenoxy) is 1. The topological polar surface area (TPSA) is 63.9 Å². The van der Waals surface area contributed by atoms with Gasteiger partial charge in [-0.1, -0.05) is 77.7 Å². The van der Waals surface area contributed by atoms with Crippen LogP contribution in [0.1, 0.15) is 29.0 Å². The van der Waals surface area contributed by atoms with Crippen molar-refractivity contribution in [2.24, 2.45) is 4.99 Å². The van der Waals surface area contributed by atoms with Gasteiger partial charge in [-0.2, -0.15) is 0 Å². The molecule has 208 valence electrons. The molecule has 0 unspecified atom stereocenters. The quantitative estimate of drug-likeness (QED) is 0.222. The summed E-state index contributed by atoms with van der Waals surface area (Å²) in [6.07, 6.45) is 1.92.